The van der Waals surface area contributed by atoms with Gasteiger partial charge in [0.05, 0.1) is 32.2 Å². The first kappa shape index (κ1) is 54.1. The zero-order chi connectivity index (χ0) is 49.6. The van der Waals surface area contributed by atoms with Gasteiger partial charge in [-0.2, -0.15) is 0 Å². The summed E-state index contributed by atoms with van der Waals surface area (Å²) in [6, 6.07) is 13.2. The Labute approximate surface area is 405 Å². The number of aromatic nitrogens is 1. The van der Waals surface area contributed by atoms with Gasteiger partial charge in [-0.1, -0.05) is 118 Å². The van der Waals surface area contributed by atoms with Crippen molar-refractivity contribution in [2.45, 2.75) is 124 Å². The van der Waals surface area contributed by atoms with Crippen LogP contribution in [-0.2, 0) is 28.7 Å². The van der Waals surface area contributed by atoms with Gasteiger partial charge in [0.25, 0.3) is 0 Å². The van der Waals surface area contributed by atoms with Crippen LogP contribution in [0.3, 0.4) is 0 Å². The van der Waals surface area contributed by atoms with Crippen molar-refractivity contribution in [2.24, 2.45) is 27.7 Å². The highest BCUT2D eigenvalue weighted by Gasteiger charge is 2.43. The Morgan fingerprint density at radius 2 is 1.51 bits per heavy atom. The van der Waals surface area contributed by atoms with Crippen molar-refractivity contribution in [3.8, 4) is 0 Å². The minimum Gasteiger partial charge on any atom is -0.469 e. The Bertz CT molecular complexity index is 2140. The van der Waals surface area contributed by atoms with Crippen LogP contribution < -0.4 is 31.9 Å². The van der Waals surface area contributed by atoms with E-state index in [1.54, 1.807) is 11.6 Å². The van der Waals surface area contributed by atoms with Crippen LogP contribution in [0.2, 0.25) is 0 Å². The van der Waals surface area contributed by atoms with Crippen LogP contribution in [0, 0.1) is 22.7 Å². The molecule has 4 rings (SSSR count). The fourth-order valence-electron chi connectivity index (χ4n) is 7.90. The van der Waals surface area contributed by atoms with E-state index in [2.05, 4.69) is 36.9 Å². The van der Waals surface area contributed by atoms with E-state index in [0.29, 0.717) is 16.7 Å². The molecular formula is C49H71N9O7S2. The summed E-state index contributed by atoms with van der Waals surface area (Å²) in [7, 11) is 1.27. The van der Waals surface area contributed by atoms with Gasteiger partial charge in [0.15, 0.2) is 5.11 Å². The van der Waals surface area contributed by atoms with Crippen molar-refractivity contribution in [2.75, 3.05) is 32.1 Å². The van der Waals surface area contributed by atoms with Gasteiger partial charge in [0.2, 0.25) is 23.6 Å². The topological polar surface area (TPSA) is 215 Å². The van der Waals surface area contributed by atoms with E-state index in [1.807, 2.05) is 135 Å². The molecule has 4 amide bonds. The van der Waals surface area contributed by atoms with Crippen molar-refractivity contribution < 1.29 is 33.8 Å². The molecule has 3 aromatic rings. The molecule has 0 saturated carbocycles. The number of carbonyl (C=O) groups excluding carboxylic acids is 5. The third-order valence-electron chi connectivity index (χ3n) is 11.8. The molecule has 1 aliphatic rings. The fourth-order valence-corrected chi connectivity index (χ4v) is 8.91. The number of amides is 4. The first-order valence-corrected chi connectivity index (χ1v) is 24.1. The molecule has 7 N–H and O–H groups in total. The molecule has 0 unspecified atom stereocenters. The molecule has 1 aromatic heterocycles. The lowest BCUT2D eigenvalue weighted by Gasteiger charge is -2.37. The summed E-state index contributed by atoms with van der Waals surface area (Å²) in [6.07, 6.45) is 2.14. The predicted molar refractivity (Wildman–Crippen MR) is 267 cm³/mol. The van der Waals surface area contributed by atoms with Crippen molar-refractivity contribution in [3.05, 3.63) is 82.8 Å². The maximum Gasteiger partial charge on any atom is 0.308 e. The summed E-state index contributed by atoms with van der Waals surface area (Å²) in [5.41, 5.74) is 0.0223. The Balaban J connectivity index is 1.67. The number of thiazole rings is 1. The highest BCUT2D eigenvalue weighted by molar-refractivity contribution is 7.80. The molecular weight excluding hydrogens is 891 g/mol. The molecule has 16 nitrogen and oxygen atoms in total. The summed E-state index contributed by atoms with van der Waals surface area (Å²) in [6.45, 7) is 19.1. The molecule has 67 heavy (non-hydrogen) atoms. The molecule has 366 valence electrons. The number of nitrogens with zero attached hydrogens (tertiary/aromatic N) is 3. The summed E-state index contributed by atoms with van der Waals surface area (Å²) >= 11 is 7.05. The molecule has 0 aliphatic carbocycles. The molecule has 2 aromatic carbocycles. The molecule has 18 heteroatoms. The molecule has 8 atom stereocenters. The molecule has 1 fully saturated rings. The van der Waals surface area contributed by atoms with Gasteiger partial charge in [-0.15, -0.1) is 11.3 Å². The monoisotopic (exact) mass is 961 g/mol. The van der Waals surface area contributed by atoms with E-state index in [0.717, 1.165) is 17.7 Å². The number of carbonyl (C=O) groups is 5. The highest BCUT2D eigenvalue weighted by Crippen LogP contribution is 2.29. The van der Waals surface area contributed by atoms with Crippen molar-refractivity contribution in [1.82, 2.24) is 36.5 Å². The van der Waals surface area contributed by atoms with Crippen molar-refractivity contribution >= 4 is 69.8 Å². The lowest BCUT2D eigenvalue weighted by Crippen LogP contribution is -2.61. The fraction of sp³-hybridized carbons (Fsp3) is 0.551. The number of hydrogen-bond acceptors (Lipinski definition) is 11. The van der Waals surface area contributed by atoms with Crippen LogP contribution in [0.4, 0.5) is 5.69 Å². The third-order valence-corrected chi connectivity index (χ3v) is 13.0. The number of benzene rings is 2. The van der Waals surface area contributed by atoms with E-state index in [9.17, 15) is 29.1 Å². The highest BCUT2D eigenvalue weighted by atomic mass is 32.1. The average Bonchev–Trinajstić information content (AvgIpc) is 3.96. The number of aliphatic hydroxyl groups is 1. The lowest BCUT2D eigenvalue weighted by atomic mass is 9.83. The van der Waals surface area contributed by atoms with Crippen LogP contribution in [0.1, 0.15) is 105 Å². The number of likely N-dealkylation sites (tertiary alicyclic amines) is 1. The Kier molecular flexibility index (Phi) is 19.8. The SMILES string of the molecule is COC(=O)C[C@@H](NC(=O)[C@@H](NC(=O)[C@@H](/N=C(\NCCO)[C@@H](NC(=O)[C@@H](NC(=O)[C@@H]1[C@H](C)CCN1C(=S)Nc1ccccc1)C(C)C)C(C)(C)C)C(C)(C)C)[C@@H](C)c1ccccc1)c1nccs1. The quantitative estimate of drug-likeness (QED) is 0.0352. The minimum atomic E-state index is -1.14. The zero-order valence-corrected chi connectivity index (χ0v) is 42.3. The second kappa shape index (κ2) is 24.5. The molecule has 1 aliphatic heterocycles. The van der Waals surface area contributed by atoms with E-state index < -0.39 is 76.7 Å². The maximum atomic E-state index is 14.8. The number of thiocarbonyl (C=S) groups is 1. The average molecular weight is 962 g/mol. The van der Waals surface area contributed by atoms with Crippen LogP contribution in [-0.4, -0.2) is 113 Å². The van der Waals surface area contributed by atoms with Gasteiger partial charge in [-0.25, -0.2) is 4.98 Å². The van der Waals surface area contributed by atoms with E-state index in [-0.39, 0.29) is 43.2 Å². The van der Waals surface area contributed by atoms with Crippen LogP contribution in [0.15, 0.2) is 77.2 Å². The molecule has 0 bridgehead atoms. The first-order valence-electron chi connectivity index (χ1n) is 22.8. The number of esters is 1. The number of aliphatic imine (C=N–C) groups is 1. The second-order valence-corrected chi connectivity index (χ2v) is 20.9. The third kappa shape index (κ3) is 15.3. The van der Waals surface area contributed by atoms with E-state index in [1.165, 1.54) is 18.4 Å². The number of amidine groups is 1. The number of aliphatic hydroxyl groups excluding tert-OH is 1. The van der Waals surface area contributed by atoms with Crippen molar-refractivity contribution in [1.29, 1.82) is 0 Å². The summed E-state index contributed by atoms with van der Waals surface area (Å²) < 4.78 is 4.93. The normalized spacial score (nSPS) is 18.1. The van der Waals surface area contributed by atoms with Gasteiger partial charge in [-0.3, -0.25) is 29.0 Å². The van der Waals surface area contributed by atoms with Gasteiger partial charge in [0, 0.05) is 36.3 Å². The maximum absolute atomic E-state index is 14.8. The number of para-hydroxylation sites is 1. The molecule has 0 radical (unpaired) electrons. The van der Waals surface area contributed by atoms with Gasteiger partial charge >= 0.3 is 5.97 Å². The first-order chi connectivity index (χ1) is 31.6. The lowest BCUT2D eigenvalue weighted by molar-refractivity contribution is -0.141. The Hall–Kier alpha value is -5.46. The van der Waals surface area contributed by atoms with Crippen LogP contribution in [0.25, 0.3) is 0 Å². The smallest absolute Gasteiger partial charge is 0.308 e. The van der Waals surface area contributed by atoms with E-state index >= 15 is 0 Å². The Morgan fingerprint density at radius 1 is 0.881 bits per heavy atom. The van der Waals surface area contributed by atoms with Gasteiger partial charge < -0.3 is 46.6 Å². The number of anilines is 1. The van der Waals surface area contributed by atoms with Gasteiger partial charge in [0.1, 0.15) is 35.0 Å². The minimum absolute atomic E-state index is 0.0451. The van der Waals surface area contributed by atoms with Gasteiger partial charge in [-0.05, 0) is 59.0 Å². The standard InChI is InChI=1S/C49H71N9O7S2/c1-29(2)36(54-44(63)38-30(3)22-25-58(38)47(66)52-33-20-16-13-17-21-33)42(61)57-39(48(5,6)7)41(50-23-26-59)56-40(49(8,9)10)45(64)55-37(31(4)32-18-14-12-15-19-32)43(62)53-34(28-35(60)65-11)46-51-24-27-67-46/h12-21,24,27,29-31,34,36-40,59H,22-23,25-26,28H2,1-11H3,(H,50,56)(H,52,66)(H,53,62)(H,54,63)(H,55,64)(H,57,61)/t30-,31+,34-,36+,37+,38+,39-,40-/m1/s1. The zero-order valence-electron chi connectivity index (χ0n) is 40.7. The molecule has 1 saturated heterocycles. The second-order valence-electron chi connectivity index (χ2n) is 19.6. The van der Waals surface area contributed by atoms with E-state index in [4.69, 9.17) is 21.9 Å². The summed E-state index contributed by atoms with van der Waals surface area (Å²) in [5, 5.41) is 31.3. The molecule has 2 heterocycles. The number of nitrogens with one attached hydrogen (secondary N) is 6. The van der Waals surface area contributed by atoms with Crippen molar-refractivity contribution in [3.63, 3.8) is 0 Å². The van der Waals surface area contributed by atoms with Crippen LogP contribution >= 0.6 is 23.6 Å². The largest absolute Gasteiger partial charge is 0.469 e. The Morgan fingerprint density at radius 3 is 2.06 bits per heavy atom. The number of hydrogen-bond donors (Lipinski definition) is 7. The molecule has 0 spiro atoms. The summed E-state index contributed by atoms with van der Waals surface area (Å²) in [5.74, 6) is -3.15. The number of rotatable bonds is 19. The summed E-state index contributed by atoms with van der Waals surface area (Å²) in [4.78, 5) is 81.7. The predicted octanol–water partition coefficient (Wildman–Crippen LogP) is 5.33. The number of methoxy groups -OCH3 is 1. The number of ether oxygens (including phenoxy) is 1. The van der Waals surface area contributed by atoms with Crippen LogP contribution in [0.5, 0.6) is 0 Å².